The van der Waals surface area contributed by atoms with Crippen molar-refractivity contribution >= 4 is 18.0 Å². The number of esters is 1. The zero-order valence-corrected chi connectivity index (χ0v) is 15.3. The second kappa shape index (κ2) is 7.74. The molecule has 2 heterocycles. The maximum atomic E-state index is 13.1. The third kappa shape index (κ3) is 3.37. The molecular weight excluding hydrogens is 334 g/mol. The molecule has 0 bridgehead atoms. The van der Waals surface area contributed by atoms with Crippen molar-refractivity contribution in [2.24, 2.45) is 0 Å². The average Bonchev–Trinajstić information content (AvgIpc) is 3.25. The van der Waals surface area contributed by atoms with Gasteiger partial charge in [-0.2, -0.15) is 0 Å². The van der Waals surface area contributed by atoms with Crippen LogP contribution in [-0.4, -0.2) is 50.3 Å². The van der Waals surface area contributed by atoms with Gasteiger partial charge < -0.3 is 19.1 Å². The van der Waals surface area contributed by atoms with Gasteiger partial charge in [-0.1, -0.05) is 18.2 Å². The Kier molecular flexibility index (Phi) is 5.42. The van der Waals surface area contributed by atoms with Crippen molar-refractivity contribution in [1.29, 1.82) is 0 Å². The van der Waals surface area contributed by atoms with E-state index >= 15 is 0 Å². The van der Waals surface area contributed by atoms with Crippen LogP contribution in [0.1, 0.15) is 25.3 Å². The highest BCUT2D eigenvalue weighted by Crippen LogP contribution is 2.34. The van der Waals surface area contributed by atoms with Crippen LogP contribution in [0.4, 0.5) is 0 Å². The number of hydrogen-bond donors (Lipinski definition) is 0. The lowest BCUT2D eigenvalue weighted by molar-refractivity contribution is -0.136. The smallest absolute Gasteiger partial charge is 0.340 e. The third-order valence-electron chi connectivity index (χ3n) is 4.75. The number of allylic oxidation sites excluding steroid dienone is 1. The molecule has 2 aliphatic rings. The van der Waals surface area contributed by atoms with Gasteiger partial charge in [0.15, 0.2) is 0 Å². The van der Waals surface area contributed by atoms with Gasteiger partial charge in [0.1, 0.15) is 5.75 Å². The first-order chi connectivity index (χ1) is 12.6. The Morgan fingerprint density at radius 1 is 1.35 bits per heavy atom. The fourth-order valence-corrected chi connectivity index (χ4v) is 3.38. The Morgan fingerprint density at radius 2 is 2.12 bits per heavy atom. The lowest BCUT2D eigenvalue weighted by atomic mass is 10.0. The molecule has 1 aromatic carbocycles. The molecule has 3 rings (SSSR count). The highest BCUT2D eigenvalue weighted by molar-refractivity contribution is 6.16. The first kappa shape index (κ1) is 18.2. The molecule has 138 valence electrons. The number of rotatable bonds is 5. The van der Waals surface area contributed by atoms with E-state index in [1.165, 1.54) is 7.11 Å². The van der Waals surface area contributed by atoms with E-state index in [1.54, 1.807) is 25.0 Å². The Bertz CT molecular complexity index is 774. The molecule has 0 radical (unpaired) electrons. The number of ether oxygens (including phenoxy) is 3. The molecule has 1 aromatic rings. The molecule has 2 aliphatic heterocycles. The molecule has 1 amide bonds. The van der Waals surface area contributed by atoms with E-state index in [0.717, 1.165) is 18.4 Å². The van der Waals surface area contributed by atoms with E-state index in [0.29, 0.717) is 35.7 Å². The van der Waals surface area contributed by atoms with Gasteiger partial charge in [-0.3, -0.25) is 4.79 Å². The Balaban J connectivity index is 2.01. The highest BCUT2D eigenvalue weighted by atomic mass is 16.5. The van der Waals surface area contributed by atoms with E-state index in [4.69, 9.17) is 14.2 Å². The van der Waals surface area contributed by atoms with E-state index in [1.807, 2.05) is 24.3 Å². The summed E-state index contributed by atoms with van der Waals surface area (Å²) in [5.74, 6) is -0.108. The molecule has 6 nitrogen and oxygen atoms in total. The van der Waals surface area contributed by atoms with Gasteiger partial charge in [0, 0.05) is 17.9 Å². The van der Waals surface area contributed by atoms with Crippen LogP contribution in [0, 0.1) is 0 Å². The summed E-state index contributed by atoms with van der Waals surface area (Å²) in [5.41, 5.74) is 1.93. The zero-order valence-electron chi connectivity index (χ0n) is 15.3. The van der Waals surface area contributed by atoms with Gasteiger partial charge in [0.05, 0.1) is 38.0 Å². The van der Waals surface area contributed by atoms with Crippen LogP contribution < -0.4 is 4.74 Å². The second-order valence-electron chi connectivity index (χ2n) is 6.30. The molecule has 1 unspecified atom stereocenters. The fraction of sp³-hybridized carbons (Fsp3) is 0.400. The SMILES string of the molecule is COC(=O)C1=C(C)N(CC2CCCO2)C(=O)/C1=C\c1ccccc1OC. The number of carbonyl (C=O) groups is 2. The summed E-state index contributed by atoms with van der Waals surface area (Å²) in [6.07, 6.45) is 3.59. The van der Waals surface area contributed by atoms with Crippen LogP contribution in [-0.2, 0) is 19.1 Å². The quantitative estimate of drug-likeness (QED) is 0.599. The number of benzene rings is 1. The van der Waals surface area contributed by atoms with Crippen LogP contribution in [0.5, 0.6) is 5.75 Å². The third-order valence-corrected chi connectivity index (χ3v) is 4.75. The Morgan fingerprint density at radius 3 is 2.77 bits per heavy atom. The van der Waals surface area contributed by atoms with Crippen LogP contribution >= 0.6 is 0 Å². The maximum Gasteiger partial charge on any atom is 0.340 e. The average molecular weight is 357 g/mol. The van der Waals surface area contributed by atoms with Gasteiger partial charge >= 0.3 is 5.97 Å². The first-order valence-electron chi connectivity index (χ1n) is 8.64. The van der Waals surface area contributed by atoms with Gasteiger partial charge in [-0.15, -0.1) is 0 Å². The zero-order chi connectivity index (χ0) is 18.7. The normalized spacial score (nSPS) is 21.7. The molecule has 0 spiro atoms. The fourth-order valence-electron chi connectivity index (χ4n) is 3.38. The molecule has 0 aromatic heterocycles. The van der Waals surface area contributed by atoms with E-state index < -0.39 is 5.97 Å². The van der Waals surface area contributed by atoms with Crippen molar-refractivity contribution in [1.82, 2.24) is 4.90 Å². The van der Waals surface area contributed by atoms with E-state index in [9.17, 15) is 9.59 Å². The number of hydrogen-bond acceptors (Lipinski definition) is 5. The largest absolute Gasteiger partial charge is 0.496 e. The minimum atomic E-state index is -0.521. The number of nitrogens with zero attached hydrogens (tertiary/aromatic N) is 1. The second-order valence-corrected chi connectivity index (χ2v) is 6.30. The van der Waals surface area contributed by atoms with E-state index in [-0.39, 0.29) is 12.0 Å². The highest BCUT2D eigenvalue weighted by Gasteiger charge is 2.38. The van der Waals surface area contributed by atoms with Crippen LogP contribution in [0.3, 0.4) is 0 Å². The van der Waals surface area contributed by atoms with Crippen LogP contribution in [0.25, 0.3) is 6.08 Å². The van der Waals surface area contributed by atoms with Crippen molar-refractivity contribution in [3.8, 4) is 5.75 Å². The summed E-state index contributed by atoms with van der Waals surface area (Å²) < 4.78 is 15.9. The van der Waals surface area contributed by atoms with E-state index in [2.05, 4.69) is 0 Å². The summed E-state index contributed by atoms with van der Waals surface area (Å²) in [6.45, 7) is 2.92. The molecule has 6 heteroatoms. The monoisotopic (exact) mass is 357 g/mol. The predicted octanol–water partition coefficient (Wildman–Crippen LogP) is 2.55. The molecule has 0 saturated carbocycles. The van der Waals surface area contributed by atoms with Crippen molar-refractivity contribution in [3.63, 3.8) is 0 Å². The summed E-state index contributed by atoms with van der Waals surface area (Å²) in [7, 11) is 2.89. The van der Waals surface area contributed by atoms with Crippen molar-refractivity contribution in [2.45, 2.75) is 25.9 Å². The van der Waals surface area contributed by atoms with Gasteiger partial charge in [0.25, 0.3) is 5.91 Å². The van der Waals surface area contributed by atoms with Crippen molar-refractivity contribution in [3.05, 3.63) is 46.7 Å². The Hall–Kier alpha value is -2.60. The minimum Gasteiger partial charge on any atom is -0.496 e. The Labute approximate surface area is 153 Å². The van der Waals surface area contributed by atoms with Crippen molar-refractivity contribution < 1.29 is 23.8 Å². The number of para-hydroxylation sites is 1. The molecule has 1 saturated heterocycles. The molecule has 0 N–H and O–H groups in total. The van der Waals surface area contributed by atoms with Crippen LogP contribution in [0.15, 0.2) is 41.1 Å². The molecule has 26 heavy (non-hydrogen) atoms. The molecule has 1 atom stereocenters. The molecule has 1 fully saturated rings. The summed E-state index contributed by atoms with van der Waals surface area (Å²) in [4.78, 5) is 27.0. The van der Waals surface area contributed by atoms with Crippen LogP contribution in [0.2, 0.25) is 0 Å². The van der Waals surface area contributed by atoms with Crippen molar-refractivity contribution in [2.75, 3.05) is 27.4 Å². The van der Waals surface area contributed by atoms with Gasteiger partial charge in [-0.05, 0) is 31.9 Å². The minimum absolute atomic E-state index is 0.00147. The summed E-state index contributed by atoms with van der Waals surface area (Å²) in [6, 6.07) is 7.35. The number of methoxy groups -OCH3 is 2. The van der Waals surface area contributed by atoms with Gasteiger partial charge in [-0.25, -0.2) is 4.79 Å². The van der Waals surface area contributed by atoms with Gasteiger partial charge in [0.2, 0.25) is 0 Å². The summed E-state index contributed by atoms with van der Waals surface area (Å²) >= 11 is 0. The maximum absolute atomic E-state index is 13.1. The predicted molar refractivity (Wildman–Crippen MR) is 96.4 cm³/mol. The first-order valence-corrected chi connectivity index (χ1v) is 8.64. The molecule has 0 aliphatic carbocycles. The lowest BCUT2D eigenvalue weighted by Gasteiger charge is -2.21. The number of carbonyl (C=O) groups excluding carboxylic acids is 2. The number of amides is 1. The topological polar surface area (TPSA) is 65.1 Å². The lowest BCUT2D eigenvalue weighted by Crippen LogP contribution is -2.33. The summed E-state index contributed by atoms with van der Waals surface area (Å²) in [5, 5.41) is 0. The molecular formula is C20H23NO5. The standard InChI is InChI=1S/C20H23NO5/c1-13-18(20(23)25-3)16(11-14-7-4-5-9-17(14)24-2)19(22)21(13)12-15-8-6-10-26-15/h4-5,7,9,11,15H,6,8,10,12H2,1-3H3/b16-11-.